The molecule has 0 aliphatic rings. The lowest BCUT2D eigenvalue weighted by Crippen LogP contribution is -2.18. The van der Waals surface area contributed by atoms with Gasteiger partial charge in [0, 0.05) is 18.3 Å². The van der Waals surface area contributed by atoms with E-state index in [-0.39, 0.29) is 18.5 Å². The molecule has 2 aromatic carbocycles. The highest BCUT2D eigenvalue weighted by atomic mass is 19.1. The van der Waals surface area contributed by atoms with Gasteiger partial charge >= 0.3 is 0 Å². The smallest absolute Gasteiger partial charge is 0.123 e. The molecule has 1 unspecified atom stereocenters. The van der Waals surface area contributed by atoms with Gasteiger partial charge in [0.15, 0.2) is 0 Å². The predicted octanol–water partition coefficient (Wildman–Crippen LogP) is 3.40. The Hall–Kier alpha value is -1.87. The molecule has 1 atom stereocenters. The van der Waals surface area contributed by atoms with Gasteiger partial charge in [0.1, 0.15) is 5.82 Å². The van der Waals surface area contributed by atoms with Crippen molar-refractivity contribution in [2.75, 3.05) is 11.9 Å². The van der Waals surface area contributed by atoms with Crippen molar-refractivity contribution < 1.29 is 9.50 Å². The first-order valence-electron chi connectivity index (χ1n) is 6.88. The summed E-state index contributed by atoms with van der Waals surface area (Å²) in [4.78, 5) is 0. The van der Waals surface area contributed by atoms with Crippen LogP contribution in [0.2, 0.25) is 0 Å². The topological polar surface area (TPSA) is 32.3 Å². The first kappa shape index (κ1) is 14.5. The van der Waals surface area contributed by atoms with Crippen LogP contribution in [0.3, 0.4) is 0 Å². The van der Waals surface area contributed by atoms with E-state index in [1.165, 1.54) is 12.1 Å². The first-order chi connectivity index (χ1) is 9.67. The molecular formula is C17H20FNO. The van der Waals surface area contributed by atoms with Gasteiger partial charge < -0.3 is 10.4 Å². The van der Waals surface area contributed by atoms with Crippen LogP contribution in [0.15, 0.2) is 48.5 Å². The molecule has 0 saturated heterocycles. The van der Waals surface area contributed by atoms with Crippen LogP contribution in [0.5, 0.6) is 0 Å². The maximum atomic E-state index is 12.8. The molecule has 0 heterocycles. The number of aliphatic hydroxyl groups is 1. The number of hydrogen-bond donors (Lipinski definition) is 2. The fraction of sp³-hybridized carbons (Fsp3) is 0.294. The molecule has 0 aliphatic carbocycles. The van der Waals surface area contributed by atoms with E-state index in [2.05, 4.69) is 12.2 Å². The number of rotatable bonds is 6. The predicted molar refractivity (Wildman–Crippen MR) is 80.4 cm³/mol. The SMILES string of the molecule is CC(Cc1ccc(F)cc1)Nc1ccc(CCO)cc1. The van der Waals surface area contributed by atoms with Crippen LogP contribution in [0, 0.1) is 5.82 Å². The highest BCUT2D eigenvalue weighted by Gasteiger charge is 2.04. The zero-order chi connectivity index (χ0) is 14.4. The van der Waals surface area contributed by atoms with E-state index in [9.17, 15) is 4.39 Å². The van der Waals surface area contributed by atoms with Gasteiger partial charge in [-0.1, -0.05) is 24.3 Å². The van der Waals surface area contributed by atoms with E-state index >= 15 is 0 Å². The fourth-order valence-corrected chi connectivity index (χ4v) is 2.21. The van der Waals surface area contributed by atoms with Gasteiger partial charge in [-0.2, -0.15) is 0 Å². The summed E-state index contributed by atoms with van der Waals surface area (Å²) in [7, 11) is 0. The number of nitrogens with one attached hydrogen (secondary N) is 1. The first-order valence-corrected chi connectivity index (χ1v) is 6.88. The van der Waals surface area contributed by atoms with Gasteiger partial charge in [-0.25, -0.2) is 4.39 Å². The molecule has 0 radical (unpaired) electrons. The van der Waals surface area contributed by atoms with Crippen LogP contribution in [-0.4, -0.2) is 17.8 Å². The Morgan fingerprint density at radius 3 is 2.20 bits per heavy atom. The average molecular weight is 273 g/mol. The fourth-order valence-electron chi connectivity index (χ4n) is 2.21. The summed E-state index contributed by atoms with van der Waals surface area (Å²) in [6.07, 6.45) is 1.53. The van der Waals surface area contributed by atoms with Crippen molar-refractivity contribution in [2.24, 2.45) is 0 Å². The van der Waals surface area contributed by atoms with Crippen LogP contribution >= 0.6 is 0 Å². The second kappa shape index (κ2) is 7.06. The third kappa shape index (κ3) is 4.35. The third-order valence-electron chi connectivity index (χ3n) is 3.22. The zero-order valence-electron chi connectivity index (χ0n) is 11.6. The molecule has 106 valence electrons. The van der Waals surface area contributed by atoms with Gasteiger partial charge in [0.25, 0.3) is 0 Å². The average Bonchev–Trinajstić information content (AvgIpc) is 2.44. The van der Waals surface area contributed by atoms with Crippen LogP contribution in [0.25, 0.3) is 0 Å². The van der Waals surface area contributed by atoms with Gasteiger partial charge in [0.05, 0.1) is 0 Å². The molecule has 3 heteroatoms. The lowest BCUT2D eigenvalue weighted by Gasteiger charge is -2.15. The molecule has 2 rings (SSSR count). The molecule has 20 heavy (non-hydrogen) atoms. The summed E-state index contributed by atoms with van der Waals surface area (Å²) in [5.74, 6) is -0.200. The molecule has 2 aromatic rings. The maximum Gasteiger partial charge on any atom is 0.123 e. The molecular weight excluding hydrogens is 253 g/mol. The molecule has 0 aromatic heterocycles. The van der Waals surface area contributed by atoms with Gasteiger partial charge in [-0.15, -0.1) is 0 Å². The van der Waals surface area contributed by atoms with Crippen LogP contribution in [0.1, 0.15) is 18.1 Å². The molecule has 2 nitrogen and oxygen atoms in total. The zero-order valence-corrected chi connectivity index (χ0v) is 11.6. The standard InChI is InChI=1S/C17H20FNO/c1-13(12-15-2-6-16(18)7-3-15)19-17-8-4-14(5-9-17)10-11-20/h2-9,13,19-20H,10-12H2,1H3. The van der Waals surface area contributed by atoms with E-state index in [1.807, 2.05) is 36.4 Å². The second-order valence-corrected chi connectivity index (χ2v) is 5.05. The Bertz CT molecular complexity index is 522. The monoisotopic (exact) mass is 273 g/mol. The summed E-state index contributed by atoms with van der Waals surface area (Å²) in [6.45, 7) is 2.28. The highest BCUT2D eigenvalue weighted by Crippen LogP contribution is 2.13. The van der Waals surface area contributed by atoms with Crippen molar-refractivity contribution in [3.05, 3.63) is 65.5 Å². The van der Waals surface area contributed by atoms with Gasteiger partial charge in [-0.05, 0) is 55.2 Å². The van der Waals surface area contributed by atoms with Crippen molar-refractivity contribution in [3.63, 3.8) is 0 Å². The lowest BCUT2D eigenvalue weighted by atomic mass is 10.1. The van der Waals surface area contributed by atoms with Crippen LogP contribution in [-0.2, 0) is 12.8 Å². The van der Waals surface area contributed by atoms with E-state index in [0.717, 1.165) is 23.2 Å². The van der Waals surface area contributed by atoms with Crippen molar-refractivity contribution in [2.45, 2.75) is 25.8 Å². The summed E-state index contributed by atoms with van der Waals surface area (Å²) in [5.41, 5.74) is 3.30. The molecule has 0 saturated carbocycles. The van der Waals surface area contributed by atoms with Crippen molar-refractivity contribution in [3.8, 4) is 0 Å². The second-order valence-electron chi connectivity index (χ2n) is 5.05. The quantitative estimate of drug-likeness (QED) is 0.845. The largest absolute Gasteiger partial charge is 0.396 e. The Morgan fingerprint density at radius 2 is 1.60 bits per heavy atom. The van der Waals surface area contributed by atoms with Gasteiger partial charge in [0.2, 0.25) is 0 Å². The molecule has 0 fully saturated rings. The number of benzene rings is 2. The number of anilines is 1. The van der Waals surface area contributed by atoms with Crippen molar-refractivity contribution in [1.29, 1.82) is 0 Å². The number of hydrogen-bond acceptors (Lipinski definition) is 2. The normalized spacial score (nSPS) is 12.2. The molecule has 0 spiro atoms. The van der Waals surface area contributed by atoms with Crippen molar-refractivity contribution >= 4 is 5.69 Å². The summed E-state index contributed by atoms with van der Waals surface area (Å²) in [5, 5.41) is 12.3. The van der Waals surface area contributed by atoms with E-state index in [0.29, 0.717) is 6.42 Å². The van der Waals surface area contributed by atoms with Crippen molar-refractivity contribution in [1.82, 2.24) is 0 Å². The minimum atomic E-state index is -0.200. The number of halogens is 1. The van der Waals surface area contributed by atoms with E-state index in [1.54, 1.807) is 0 Å². The number of aliphatic hydroxyl groups excluding tert-OH is 1. The minimum Gasteiger partial charge on any atom is -0.396 e. The van der Waals surface area contributed by atoms with Gasteiger partial charge in [-0.3, -0.25) is 0 Å². The molecule has 0 bridgehead atoms. The van der Waals surface area contributed by atoms with Crippen LogP contribution < -0.4 is 5.32 Å². The Kier molecular flexibility index (Phi) is 5.13. The van der Waals surface area contributed by atoms with Crippen LogP contribution in [0.4, 0.5) is 10.1 Å². The van der Waals surface area contributed by atoms with E-state index < -0.39 is 0 Å². The summed E-state index contributed by atoms with van der Waals surface area (Å²) < 4.78 is 12.8. The minimum absolute atomic E-state index is 0.174. The lowest BCUT2D eigenvalue weighted by molar-refractivity contribution is 0.299. The Labute approximate surface area is 119 Å². The summed E-state index contributed by atoms with van der Waals surface area (Å²) >= 11 is 0. The molecule has 0 amide bonds. The summed E-state index contributed by atoms with van der Waals surface area (Å²) in [6, 6.07) is 15.0. The third-order valence-corrected chi connectivity index (χ3v) is 3.22. The van der Waals surface area contributed by atoms with E-state index in [4.69, 9.17) is 5.11 Å². The Morgan fingerprint density at radius 1 is 1.00 bits per heavy atom. The Balaban J connectivity index is 1.90. The molecule has 2 N–H and O–H groups in total. The highest BCUT2D eigenvalue weighted by molar-refractivity contribution is 5.45. The molecule has 0 aliphatic heterocycles. The maximum absolute atomic E-state index is 12.8.